The van der Waals surface area contributed by atoms with E-state index in [2.05, 4.69) is 26.1 Å². The molecule has 7 heteroatoms. The van der Waals surface area contributed by atoms with Crippen molar-refractivity contribution in [2.75, 3.05) is 12.4 Å². The number of carbonyl (C=O) groups is 2. The van der Waals surface area contributed by atoms with Crippen LogP contribution in [0.1, 0.15) is 30.3 Å². The third-order valence-electron chi connectivity index (χ3n) is 2.82. The lowest BCUT2D eigenvalue weighted by atomic mass is 10.2. The summed E-state index contributed by atoms with van der Waals surface area (Å²) in [6.07, 6.45) is 2.03. The van der Waals surface area contributed by atoms with Gasteiger partial charge in [0.25, 0.3) is 5.91 Å². The molecular formula is C12H17N5O2. The van der Waals surface area contributed by atoms with E-state index < -0.39 is 11.9 Å². The fourth-order valence-corrected chi connectivity index (χ4v) is 1.48. The van der Waals surface area contributed by atoms with Gasteiger partial charge in [0.2, 0.25) is 5.91 Å². The molecule has 0 bridgehead atoms. The fraction of sp³-hybridized carbons (Fsp3) is 0.500. The highest BCUT2D eigenvalue weighted by molar-refractivity contribution is 5.96. The van der Waals surface area contributed by atoms with E-state index in [1.807, 2.05) is 0 Å². The van der Waals surface area contributed by atoms with Crippen molar-refractivity contribution in [1.82, 2.24) is 20.8 Å². The Hall–Kier alpha value is -2.18. The Morgan fingerprint density at radius 3 is 2.58 bits per heavy atom. The molecule has 1 saturated carbocycles. The summed E-state index contributed by atoms with van der Waals surface area (Å²) in [4.78, 5) is 23.5. The Morgan fingerprint density at radius 2 is 2.05 bits per heavy atom. The molecule has 19 heavy (non-hydrogen) atoms. The smallest absolute Gasteiger partial charge is 0.272 e. The van der Waals surface area contributed by atoms with Crippen LogP contribution in [0.3, 0.4) is 0 Å². The van der Waals surface area contributed by atoms with E-state index in [1.54, 1.807) is 26.1 Å². The van der Waals surface area contributed by atoms with Gasteiger partial charge in [-0.25, -0.2) is 0 Å². The number of hydrogen-bond acceptors (Lipinski definition) is 5. The highest BCUT2D eigenvalue weighted by Gasteiger charge is 2.26. The summed E-state index contributed by atoms with van der Waals surface area (Å²) in [5, 5.41) is 15.8. The molecule has 1 aliphatic rings. The third-order valence-corrected chi connectivity index (χ3v) is 2.82. The van der Waals surface area contributed by atoms with E-state index >= 15 is 0 Å². The van der Waals surface area contributed by atoms with Crippen LogP contribution in [0.25, 0.3) is 0 Å². The van der Waals surface area contributed by atoms with Gasteiger partial charge >= 0.3 is 0 Å². The van der Waals surface area contributed by atoms with Crippen LogP contribution in [-0.2, 0) is 4.79 Å². The van der Waals surface area contributed by atoms with Gasteiger partial charge < -0.3 is 16.0 Å². The monoisotopic (exact) mass is 263 g/mol. The summed E-state index contributed by atoms with van der Waals surface area (Å²) in [6.45, 7) is 1.64. The Labute approximate surface area is 111 Å². The first-order valence-corrected chi connectivity index (χ1v) is 6.23. The van der Waals surface area contributed by atoms with Crippen molar-refractivity contribution in [2.45, 2.75) is 31.8 Å². The predicted octanol–water partition coefficient (Wildman–Crippen LogP) is -0.0848. The number of amides is 2. The molecule has 1 atom stereocenters. The molecule has 1 aliphatic carbocycles. The SMILES string of the molecule is CNc1ccc(C(=O)NC(C)C(=O)NC2CC2)nn1. The van der Waals surface area contributed by atoms with E-state index in [9.17, 15) is 9.59 Å². The fourth-order valence-electron chi connectivity index (χ4n) is 1.48. The molecule has 1 aromatic heterocycles. The molecule has 0 radical (unpaired) electrons. The molecule has 1 unspecified atom stereocenters. The third kappa shape index (κ3) is 3.64. The lowest BCUT2D eigenvalue weighted by Gasteiger charge is -2.13. The zero-order valence-electron chi connectivity index (χ0n) is 10.9. The van der Waals surface area contributed by atoms with E-state index in [1.165, 1.54) is 0 Å². The van der Waals surface area contributed by atoms with Gasteiger partial charge in [0.1, 0.15) is 11.9 Å². The molecule has 7 nitrogen and oxygen atoms in total. The Balaban J connectivity index is 1.89. The van der Waals surface area contributed by atoms with E-state index in [0.29, 0.717) is 5.82 Å². The van der Waals surface area contributed by atoms with E-state index in [0.717, 1.165) is 12.8 Å². The molecule has 1 fully saturated rings. The molecule has 1 aromatic rings. The summed E-state index contributed by atoms with van der Waals surface area (Å²) in [5.74, 6) is 0.000305. The maximum atomic E-state index is 11.8. The Morgan fingerprint density at radius 1 is 1.32 bits per heavy atom. The number of nitrogens with one attached hydrogen (secondary N) is 3. The summed E-state index contributed by atoms with van der Waals surface area (Å²) < 4.78 is 0. The molecule has 2 rings (SSSR count). The number of aromatic nitrogens is 2. The predicted molar refractivity (Wildman–Crippen MR) is 69.7 cm³/mol. The number of carbonyl (C=O) groups excluding carboxylic acids is 2. The van der Waals surface area contributed by atoms with Crippen molar-refractivity contribution in [3.8, 4) is 0 Å². The zero-order chi connectivity index (χ0) is 13.8. The van der Waals surface area contributed by atoms with Crippen LogP contribution in [0.15, 0.2) is 12.1 Å². The van der Waals surface area contributed by atoms with Crippen molar-refractivity contribution < 1.29 is 9.59 Å². The minimum absolute atomic E-state index is 0.171. The quantitative estimate of drug-likeness (QED) is 0.690. The highest BCUT2D eigenvalue weighted by Crippen LogP contribution is 2.18. The lowest BCUT2D eigenvalue weighted by molar-refractivity contribution is -0.122. The topological polar surface area (TPSA) is 96.0 Å². The van der Waals surface area contributed by atoms with Gasteiger partial charge in [0.05, 0.1) is 0 Å². The number of anilines is 1. The van der Waals surface area contributed by atoms with Crippen LogP contribution in [0.2, 0.25) is 0 Å². The molecule has 2 amide bonds. The van der Waals surface area contributed by atoms with Gasteiger partial charge in [-0.3, -0.25) is 9.59 Å². The van der Waals surface area contributed by atoms with Crippen LogP contribution in [0, 0.1) is 0 Å². The van der Waals surface area contributed by atoms with Crippen molar-refractivity contribution in [1.29, 1.82) is 0 Å². The van der Waals surface area contributed by atoms with Crippen LogP contribution in [-0.4, -0.2) is 41.1 Å². The average Bonchev–Trinajstić information content (AvgIpc) is 3.22. The van der Waals surface area contributed by atoms with Crippen LogP contribution in [0.4, 0.5) is 5.82 Å². The Kier molecular flexibility index (Phi) is 3.94. The first kappa shape index (κ1) is 13.3. The molecule has 102 valence electrons. The van der Waals surface area contributed by atoms with E-state index in [-0.39, 0.29) is 17.6 Å². The largest absolute Gasteiger partial charge is 0.372 e. The molecule has 0 aromatic carbocycles. The minimum Gasteiger partial charge on any atom is -0.372 e. The maximum absolute atomic E-state index is 11.8. The van der Waals surface area contributed by atoms with Gasteiger partial charge in [0.15, 0.2) is 5.69 Å². The van der Waals surface area contributed by atoms with Gasteiger partial charge in [-0.15, -0.1) is 10.2 Å². The molecule has 3 N–H and O–H groups in total. The van der Waals surface area contributed by atoms with Crippen molar-refractivity contribution in [3.05, 3.63) is 17.8 Å². The van der Waals surface area contributed by atoms with Gasteiger partial charge in [0, 0.05) is 13.1 Å². The summed E-state index contributed by atoms with van der Waals surface area (Å²) in [6, 6.07) is 2.90. The second-order valence-electron chi connectivity index (χ2n) is 4.53. The summed E-state index contributed by atoms with van der Waals surface area (Å²) in [5.41, 5.74) is 0.185. The molecular weight excluding hydrogens is 246 g/mol. The normalized spacial score (nSPS) is 15.5. The van der Waals surface area contributed by atoms with Gasteiger partial charge in [-0.2, -0.15) is 0 Å². The molecule has 0 saturated heterocycles. The highest BCUT2D eigenvalue weighted by atomic mass is 16.2. The summed E-state index contributed by atoms with van der Waals surface area (Å²) in [7, 11) is 1.72. The second kappa shape index (κ2) is 5.64. The van der Waals surface area contributed by atoms with E-state index in [4.69, 9.17) is 0 Å². The Bertz CT molecular complexity index is 470. The van der Waals surface area contributed by atoms with Crippen molar-refractivity contribution in [2.24, 2.45) is 0 Å². The maximum Gasteiger partial charge on any atom is 0.272 e. The van der Waals surface area contributed by atoms with Gasteiger partial charge in [-0.05, 0) is 31.9 Å². The van der Waals surface area contributed by atoms with Gasteiger partial charge in [-0.1, -0.05) is 0 Å². The standard InChI is InChI=1S/C12H17N5O2/c1-7(11(18)15-8-3-4-8)14-12(19)9-5-6-10(13-2)17-16-9/h5-8H,3-4H2,1-2H3,(H,13,17)(H,14,19)(H,15,18). The van der Waals surface area contributed by atoms with Crippen molar-refractivity contribution >= 4 is 17.6 Å². The number of nitrogens with zero attached hydrogens (tertiary/aromatic N) is 2. The zero-order valence-corrected chi connectivity index (χ0v) is 10.9. The van der Waals surface area contributed by atoms with Crippen LogP contribution in [0.5, 0.6) is 0 Å². The van der Waals surface area contributed by atoms with Crippen LogP contribution < -0.4 is 16.0 Å². The minimum atomic E-state index is -0.584. The number of hydrogen-bond donors (Lipinski definition) is 3. The molecule has 0 aliphatic heterocycles. The lowest BCUT2D eigenvalue weighted by Crippen LogP contribution is -2.45. The second-order valence-corrected chi connectivity index (χ2v) is 4.53. The molecule has 0 spiro atoms. The van der Waals surface area contributed by atoms with Crippen LogP contribution >= 0.6 is 0 Å². The first-order chi connectivity index (χ1) is 9.10. The molecule has 1 heterocycles. The number of rotatable bonds is 5. The van der Waals surface area contributed by atoms with Crippen molar-refractivity contribution in [3.63, 3.8) is 0 Å². The average molecular weight is 263 g/mol. The first-order valence-electron chi connectivity index (χ1n) is 6.23. The summed E-state index contributed by atoms with van der Waals surface area (Å²) >= 11 is 0.